The lowest BCUT2D eigenvalue weighted by Gasteiger charge is -2.40. The average molecular weight is 522 g/mol. The molecule has 2 aromatic heterocycles. The fraction of sp³-hybridized carbons (Fsp3) is 0.433. The number of carbonyl (C=O) groups is 1. The third-order valence-corrected chi connectivity index (χ3v) is 8.02. The van der Waals surface area contributed by atoms with Crippen molar-refractivity contribution in [2.75, 3.05) is 18.0 Å². The molecule has 1 aliphatic carbocycles. The van der Waals surface area contributed by atoms with Gasteiger partial charge in [0.15, 0.2) is 5.82 Å². The van der Waals surface area contributed by atoms with Crippen LogP contribution in [0.15, 0.2) is 42.7 Å². The molecule has 6 nitrogen and oxygen atoms in total. The summed E-state index contributed by atoms with van der Waals surface area (Å²) in [6, 6.07) is 7.72. The highest BCUT2D eigenvalue weighted by Crippen LogP contribution is 2.42. The molecule has 0 spiro atoms. The number of aromatic nitrogens is 2. The second-order valence-electron chi connectivity index (χ2n) is 11.2. The number of hydrogen-bond acceptors (Lipinski definition) is 5. The molecule has 0 bridgehead atoms. The van der Waals surface area contributed by atoms with Crippen molar-refractivity contribution in [3.05, 3.63) is 71.2 Å². The van der Waals surface area contributed by atoms with E-state index in [9.17, 15) is 14.3 Å². The van der Waals surface area contributed by atoms with E-state index < -0.39 is 11.8 Å². The summed E-state index contributed by atoms with van der Waals surface area (Å²) in [5.41, 5.74) is 4.46. The smallest absolute Gasteiger partial charge is 0.307 e. The van der Waals surface area contributed by atoms with Crippen molar-refractivity contribution >= 4 is 11.7 Å². The van der Waals surface area contributed by atoms with Gasteiger partial charge in [0.2, 0.25) is 0 Å². The van der Waals surface area contributed by atoms with Crippen LogP contribution in [-0.4, -0.2) is 40.2 Å². The Morgan fingerprint density at radius 1 is 1.11 bits per heavy atom. The van der Waals surface area contributed by atoms with E-state index in [0.29, 0.717) is 22.4 Å². The number of hydrogen-bond donors (Lipinski definition) is 1. The van der Waals surface area contributed by atoms with Gasteiger partial charge in [-0.2, -0.15) is 0 Å². The minimum Gasteiger partial charge on any atom is -0.481 e. The molecule has 0 radical (unpaired) electrons. The number of pyridine rings is 2. The zero-order valence-electron chi connectivity index (χ0n) is 22.0. The number of rotatable bonds is 7. The van der Waals surface area contributed by atoms with Crippen molar-refractivity contribution in [2.24, 2.45) is 5.41 Å². The van der Waals surface area contributed by atoms with Gasteiger partial charge in [0.05, 0.1) is 12.1 Å². The van der Waals surface area contributed by atoms with Gasteiger partial charge in [0, 0.05) is 53.8 Å². The third-order valence-electron chi connectivity index (χ3n) is 8.02. The van der Waals surface area contributed by atoms with Crippen LogP contribution in [0.2, 0.25) is 0 Å². The van der Waals surface area contributed by atoms with Crippen LogP contribution in [0.5, 0.6) is 5.88 Å². The topological polar surface area (TPSA) is 75.6 Å². The molecular weight excluding hydrogens is 488 g/mol. The molecule has 1 aliphatic heterocycles. The van der Waals surface area contributed by atoms with E-state index in [4.69, 9.17) is 4.74 Å². The van der Waals surface area contributed by atoms with E-state index in [1.807, 2.05) is 6.92 Å². The number of halogens is 2. The highest BCUT2D eigenvalue weighted by atomic mass is 19.1. The predicted octanol–water partition coefficient (Wildman–Crippen LogP) is 6.31. The van der Waals surface area contributed by atoms with Crippen LogP contribution in [0.3, 0.4) is 0 Å². The minimum atomic E-state index is -0.935. The first kappa shape index (κ1) is 26.1. The van der Waals surface area contributed by atoms with E-state index in [-0.39, 0.29) is 35.6 Å². The summed E-state index contributed by atoms with van der Waals surface area (Å²) in [6.07, 6.45) is 6.44. The van der Waals surface area contributed by atoms with E-state index >= 15 is 4.39 Å². The monoisotopic (exact) mass is 521 g/mol. The standard InChI is InChI=1S/C30H33F2N3O3/c1-18-23(15-27(36)37)28(35-12-10-30(2,3)11-13-35)24(17-33-18)20-14-25(32)29(34-16-20)38-26-9-8-22(26)19-4-6-21(31)7-5-19/h4-7,14,16-17,22,26H,8-13,15H2,1-3H3,(H,36,37). The molecule has 200 valence electrons. The maximum absolute atomic E-state index is 15.3. The number of benzene rings is 1. The Hall–Kier alpha value is -3.55. The maximum Gasteiger partial charge on any atom is 0.307 e. The molecule has 38 heavy (non-hydrogen) atoms. The molecule has 1 aromatic carbocycles. The fourth-order valence-electron chi connectivity index (χ4n) is 5.41. The first-order valence-corrected chi connectivity index (χ1v) is 13.1. The van der Waals surface area contributed by atoms with Crippen molar-refractivity contribution in [1.29, 1.82) is 0 Å². The molecule has 2 atom stereocenters. The van der Waals surface area contributed by atoms with Gasteiger partial charge in [-0.25, -0.2) is 13.8 Å². The normalized spacial score (nSPS) is 20.6. The summed E-state index contributed by atoms with van der Waals surface area (Å²) < 4.78 is 34.6. The van der Waals surface area contributed by atoms with Gasteiger partial charge >= 0.3 is 5.97 Å². The SMILES string of the molecule is Cc1ncc(-c2cnc(OC3CCC3c3ccc(F)cc3)c(F)c2)c(N2CCC(C)(C)CC2)c1CC(=O)O. The Bertz CT molecular complexity index is 1330. The second-order valence-corrected chi connectivity index (χ2v) is 11.2. The molecule has 1 saturated carbocycles. The molecule has 0 amide bonds. The lowest BCUT2D eigenvalue weighted by molar-refractivity contribution is -0.136. The molecule has 1 saturated heterocycles. The van der Waals surface area contributed by atoms with Gasteiger partial charge in [-0.1, -0.05) is 26.0 Å². The van der Waals surface area contributed by atoms with Gasteiger partial charge in [-0.05, 0) is 61.8 Å². The lowest BCUT2D eigenvalue weighted by Crippen LogP contribution is -2.38. The molecule has 1 N–H and O–H groups in total. The van der Waals surface area contributed by atoms with Crippen molar-refractivity contribution in [3.8, 4) is 17.0 Å². The molecule has 8 heteroatoms. The molecule has 5 rings (SSSR count). The van der Waals surface area contributed by atoms with Crippen molar-refractivity contribution in [3.63, 3.8) is 0 Å². The number of piperidine rings is 1. The summed E-state index contributed by atoms with van der Waals surface area (Å²) in [7, 11) is 0. The van der Waals surface area contributed by atoms with Crippen molar-refractivity contribution in [1.82, 2.24) is 9.97 Å². The van der Waals surface area contributed by atoms with Crippen LogP contribution < -0.4 is 9.64 Å². The highest BCUT2D eigenvalue weighted by molar-refractivity contribution is 5.84. The van der Waals surface area contributed by atoms with Crippen molar-refractivity contribution < 1.29 is 23.4 Å². The number of anilines is 1. The van der Waals surface area contributed by atoms with E-state index in [0.717, 1.165) is 50.0 Å². The summed E-state index contributed by atoms with van der Waals surface area (Å²) in [5.74, 6) is -1.82. The molecule has 2 aliphatic rings. The first-order valence-electron chi connectivity index (χ1n) is 13.1. The fourth-order valence-corrected chi connectivity index (χ4v) is 5.41. The zero-order chi connectivity index (χ0) is 27.0. The Balaban J connectivity index is 1.44. The van der Waals surface area contributed by atoms with Gasteiger partial charge in [0.25, 0.3) is 5.88 Å². The molecular formula is C30H33F2N3O3. The first-order chi connectivity index (χ1) is 18.1. The van der Waals surface area contributed by atoms with Crippen LogP contribution in [0.4, 0.5) is 14.5 Å². The van der Waals surface area contributed by atoms with Crippen LogP contribution in [0.1, 0.15) is 62.3 Å². The quantitative estimate of drug-likeness (QED) is 0.393. The number of aryl methyl sites for hydroxylation is 1. The van der Waals surface area contributed by atoms with E-state index in [1.165, 1.54) is 18.2 Å². The number of nitrogens with zero attached hydrogens (tertiary/aromatic N) is 3. The van der Waals surface area contributed by atoms with Crippen LogP contribution >= 0.6 is 0 Å². The summed E-state index contributed by atoms with van der Waals surface area (Å²) in [5, 5.41) is 9.62. The number of carboxylic acid groups (broad SMARTS) is 1. The molecule has 3 heterocycles. The average Bonchev–Trinajstić information content (AvgIpc) is 2.85. The Labute approximate surface area is 221 Å². The van der Waals surface area contributed by atoms with Gasteiger partial charge in [-0.3, -0.25) is 9.78 Å². The Morgan fingerprint density at radius 2 is 1.82 bits per heavy atom. The van der Waals surface area contributed by atoms with Crippen molar-refractivity contribution in [2.45, 2.75) is 64.9 Å². The van der Waals surface area contributed by atoms with Gasteiger partial charge in [0.1, 0.15) is 11.9 Å². The van der Waals surface area contributed by atoms with Crippen LogP contribution in [0.25, 0.3) is 11.1 Å². The molecule has 3 aromatic rings. The highest BCUT2D eigenvalue weighted by Gasteiger charge is 2.35. The van der Waals surface area contributed by atoms with Gasteiger partial charge in [-0.15, -0.1) is 0 Å². The maximum atomic E-state index is 15.3. The minimum absolute atomic E-state index is 0.0614. The largest absolute Gasteiger partial charge is 0.481 e. The summed E-state index contributed by atoms with van der Waals surface area (Å²) in [4.78, 5) is 22.7. The van der Waals surface area contributed by atoms with Crippen LogP contribution in [0, 0.1) is 24.0 Å². The lowest BCUT2D eigenvalue weighted by atomic mass is 9.77. The Morgan fingerprint density at radius 3 is 2.42 bits per heavy atom. The molecule has 2 fully saturated rings. The second kappa shape index (κ2) is 10.3. The van der Waals surface area contributed by atoms with Gasteiger partial charge < -0.3 is 14.7 Å². The predicted molar refractivity (Wildman–Crippen MR) is 142 cm³/mol. The summed E-state index contributed by atoms with van der Waals surface area (Å²) in [6.45, 7) is 7.84. The third kappa shape index (κ3) is 5.35. The molecule has 2 unspecified atom stereocenters. The summed E-state index contributed by atoms with van der Waals surface area (Å²) >= 11 is 0. The van der Waals surface area contributed by atoms with Crippen LogP contribution in [-0.2, 0) is 11.2 Å². The number of aliphatic carboxylic acids is 1. The van der Waals surface area contributed by atoms with E-state index in [2.05, 4.69) is 28.7 Å². The number of ether oxygens (including phenoxy) is 1. The zero-order valence-corrected chi connectivity index (χ0v) is 22.0. The Kier molecular flexibility index (Phi) is 7.07. The number of carboxylic acids is 1. The van der Waals surface area contributed by atoms with E-state index in [1.54, 1.807) is 24.5 Å².